The largest absolute Gasteiger partial charge is 0.0837 e. The molecule has 1 saturated carbocycles. The molecule has 1 aliphatic rings. The standard InChI is InChI=1S/C14H18/c1-12-8-10-14(11-9-12)7-3-6-13-4-2-5-13/h3,7-11,13H,2,4-6H2,1H3. The molecule has 0 aromatic heterocycles. The Morgan fingerprint density at radius 2 is 1.93 bits per heavy atom. The van der Waals surface area contributed by atoms with Crippen LogP contribution >= 0.6 is 0 Å². The van der Waals surface area contributed by atoms with Gasteiger partial charge in [-0.25, -0.2) is 0 Å². The molecular weight excluding hydrogens is 168 g/mol. The summed E-state index contributed by atoms with van der Waals surface area (Å²) in [6, 6.07) is 8.71. The van der Waals surface area contributed by atoms with E-state index < -0.39 is 0 Å². The maximum Gasteiger partial charge on any atom is -0.0260 e. The minimum Gasteiger partial charge on any atom is -0.0837 e. The second-order valence-electron chi connectivity index (χ2n) is 4.35. The number of hydrogen-bond donors (Lipinski definition) is 0. The lowest BCUT2D eigenvalue weighted by Crippen LogP contribution is -2.08. The minimum absolute atomic E-state index is 0.983. The number of aryl methyl sites for hydroxylation is 1. The van der Waals surface area contributed by atoms with Crippen molar-refractivity contribution in [3.63, 3.8) is 0 Å². The average Bonchev–Trinajstić information content (AvgIpc) is 2.12. The van der Waals surface area contributed by atoms with Crippen LogP contribution in [0.1, 0.15) is 36.8 Å². The molecule has 0 spiro atoms. The quantitative estimate of drug-likeness (QED) is 0.663. The smallest absolute Gasteiger partial charge is 0.0260 e. The summed E-state index contributed by atoms with van der Waals surface area (Å²) < 4.78 is 0. The van der Waals surface area contributed by atoms with Gasteiger partial charge in [0.2, 0.25) is 0 Å². The van der Waals surface area contributed by atoms with Crippen LogP contribution in [0.4, 0.5) is 0 Å². The van der Waals surface area contributed by atoms with E-state index >= 15 is 0 Å². The molecule has 1 aliphatic carbocycles. The maximum atomic E-state index is 2.33. The van der Waals surface area contributed by atoms with Crippen LogP contribution in [-0.4, -0.2) is 0 Å². The van der Waals surface area contributed by atoms with Crippen LogP contribution < -0.4 is 0 Å². The lowest BCUT2D eigenvalue weighted by molar-refractivity contribution is 0.320. The normalized spacial score (nSPS) is 17.2. The van der Waals surface area contributed by atoms with Gasteiger partial charge in [0.15, 0.2) is 0 Å². The van der Waals surface area contributed by atoms with Gasteiger partial charge in [-0.15, -0.1) is 0 Å². The fraction of sp³-hybridized carbons (Fsp3) is 0.429. The third-order valence-corrected chi connectivity index (χ3v) is 3.08. The summed E-state index contributed by atoms with van der Waals surface area (Å²) in [6.45, 7) is 2.13. The molecule has 2 rings (SSSR count). The van der Waals surface area contributed by atoms with Gasteiger partial charge < -0.3 is 0 Å². The fourth-order valence-corrected chi connectivity index (χ4v) is 1.80. The highest BCUT2D eigenvalue weighted by molar-refractivity contribution is 5.49. The van der Waals surface area contributed by atoms with Crippen molar-refractivity contribution in [3.05, 3.63) is 41.5 Å². The van der Waals surface area contributed by atoms with Crippen LogP contribution in [0.15, 0.2) is 30.3 Å². The van der Waals surface area contributed by atoms with Crippen LogP contribution in [0, 0.1) is 12.8 Å². The van der Waals surface area contributed by atoms with Crippen molar-refractivity contribution in [2.45, 2.75) is 32.6 Å². The zero-order valence-corrected chi connectivity index (χ0v) is 8.87. The van der Waals surface area contributed by atoms with Crippen LogP contribution in [0.3, 0.4) is 0 Å². The van der Waals surface area contributed by atoms with Crippen LogP contribution in [0.2, 0.25) is 0 Å². The molecule has 0 N–H and O–H groups in total. The van der Waals surface area contributed by atoms with E-state index in [1.165, 1.54) is 36.8 Å². The molecule has 0 radical (unpaired) electrons. The molecule has 1 aromatic rings. The Bertz CT molecular complexity index is 301. The SMILES string of the molecule is Cc1ccc(C=CCC2CCC2)cc1. The molecule has 14 heavy (non-hydrogen) atoms. The summed E-state index contributed by atoms with van der Waals surface area (Å²) in [6.07, 6.45) is 10.2. The Morgan fingerprint density at radius 3 is 2.50 bits per heavy atom. The Hall–Kier alpha value is -1.04. The zero-order chi connectivity index (χ0) is 9.80. The summed E-state index contributed by atoms with van der Waals surface area (Å²) in [7, 11) is 0. The first-order valence-corrected chi connectivity index (χ1v) is 5.58. The van der Waals surface area contributed by atoms with Crippen molar-refractivity contribution in [2.24, 2.45) is 5.92 Å². The fourth-order valence-electron chi connectivity index (χ4n) is 1.80. The summed E-state index contributed by atoms with van der Waals surface area (Å²) in [5.41, 5.74) is 2.66. The number of rotatable bonds is 3. The van der Waals surface area contributed by atoms with Gasteiger partial charge >= 0.3 is 0 Å². The van der Waals surface area contributed by atoms with Crippen molar-refractivity contribution in [1.29, 1.82) is 0 Å². The third-order valence-electron chi connectivity index (χ3n) is 3.08. The van der Waals surface area contributed by atoms with Crippen molar-refractivity contribution in [2.75, 3.05) is 0 Å². The Morgan fingerprint density at radius 1 is 1.21 bits per heavy atom. The predicted octanol–water partition coefficient (Wildman–Crippen LogP) is 4.20. The van der Waals surface area contributed by atoms with E-state index in [2.05, 4.69) is 43.3 Å². The molecule has 1 aromatic carbocycles. The van der Waals surface area contributed by atoms with Crippen LogP contribution in [-0.2, 0) is 0 Å². The van der Waals surface area contributed by atoms with E-state index in [-0.39, 0.29) is 0 Å². The molecule has 0 aliphatic heterocycles. The Labute approximate surface area is 86.7 Å². The molecule has 0 nitrogen and oxygen atoms in total. The van der Waals surface area contributed by atoms with E-state index in [0.717, 1.165) is 5.92 Å². The maximum absolute atomic E-state index is 2.33. The van der Waals surface area contributed by atoms with Crippen LogP contribution in [0.25, 0.3) is 6.08 Å². The van der Waals surface area contributed by atoms with Gasteiger partial charge in [0.25, 0.3) is 0 Å². The van der Waals surface area contributed by atoms with Crippen molar-refractivity contribution < 1.29 is 0 Å². The van der Waals surface area contributed by atoms with Gasteiger partial charge in [-0.1, -0.05) is 61.2 Å². The van der Waals surface area contributed by atoms with E-state index in [0.29, 0.717) is 0 Å². The van der Waals surface area contributed by atoms with Gasteiger partial charge in [-0.2, -0.15) is 0 Å². The Kier molecular flexibility index (Phi) is 3.03. The summed E-state index contributed by atoms with van der Waals surface area (Å²) in [5, 5.41) is 0. The summed E-state index contributed by atoms with van der Waals surface area (Å²) in [5.74, 6) is 0.983. The second kappa shape index (κ2) is 4.45. The van der Waals surface area contributed by atoms with Gasteiger partial charge in [-0.3, -0.25) is 0 Å². The molecule has 0 heteroatoms. The summed E-state index contributed by atoms with van der Waals surface area (Å²) in [4.78, 5) is 0. The topological polar surface area (TPSA) is 0 Å². The van der Waals surface area contributed by atoms with E-state index in [1.54, 1.807) is 0 Å². The second-order valence-corrected chi connectivity index (χ2v) is 4.35. The highest BCUT2D eigenvalue weighted by atomic mass is 14.2. The molecule has 74 valence electrons. The van der Waals surface area contributed by atoms with Gasteiger partial charge in [0.05, 0.1) is 0 Å². The van der Waals surface area contributed by atoms with E-state index in [9.17, 15) is 0 Å². The molecule has 0 unspecified atom stereocenters. The van der Waals surface area contributed by atoms with Gasteiger partial charge in [-0.05, 0) is 24.8 Å². The molecule has 0 bridgehead atoms. The molecule has 0 atom stereocenters. The number of allylic oxidation sites excluding steroid dienone is 1. The molecule has 0 amide bonds. The first kappa shape index (κ1) is 9.51. The zero-order valence-electron chi connectivity index (χ0n) is 8.87. The third kappa shape index (κ3) is 2.47. The molecule has 0 saturated heterocycles. The van der Waals surface area contributed by atoms with Gasteiger partial charge in [0, 0.05) is 0 Å². The predicted molar refractivity (Wildman–Crippen MR) is 62.2 cm³/mol. The van der Waals surface area contributed by atoms with Crippen molar-refractivity contribution in [1.82, 2.24) is 0 Å². The lowest BCUT2D eigenvalue weighted by Gasteiger charge is -2.23. The van der Waals surface area contributed by atoms with Crippen molar-refractivity contribution in [3.8, 4) is 0 Å². The number of benzene rings is 1. The first-order valence-electron chi connectivity index (χ1n) is 5.58. The number of hydrogen-bond acceptors (Lipinski definition) is 0. The van der Waals surface area contributed by atoms with Crippen LogP contribution in [0.5, 0.6) is 0 Å². The first-order chi connectivity index (χ1) is 6.84. The average molecular weight is 186 g/mol. The molecule has 0 heterocycles. The summed E-state index contributed by atoms with van der Waals surface area (Å²) >= 11 is 0. The minimum atomic E-state index is 0.983. The van der Waals surface area contributed by atoms with Crippen molar-refractivity contribution >= 4 is 6.08 Å². The highest BCUT2D eigenvalue weighted by Gasteiger charge is 2.14. The Balaban J connectivity index is 1.86. The highest BCUT2D eigenvalue weighted by Crippen LogP contribution is 2.29. The monoisotopic (exact) mass is 186 g/mol. The molecular formula is C14H18. The van der Waals surface area contributed by atoms with Gasteiger partial charge in [0.1, 0.15) is 0 Å². The lowest BCUT2D eigenvalue weighted by atomic mass is 9.83. The molecule has 1 fully saturated rings. The van der Waals surface area contributed by atoms with E-state index in [1.807, 2.05) is 0 Å². The van der Waals surface area contributed by atoms with E-state index in [4.69, 9.17) is 0 Å².